The molecular formula is C19H25NO5S. The van der Waals surface area contributed by atoms with Crippen LogP contribution in [0.4, 0.5) is 5.00 Å². The van der Waals surface area contributed by atoms with Crippen molar-refractivity contribution in [3.63, 3.8) is 0 Å². The Morgan fingerprint density at radius 2 is 1.73 bits per heavy atom. The lowest BCUT2D eigenvalue weighted by atomic mass is 9.76. The normalized spacial score (nSPS) is 20.0. The quantitative estimate of drug-likeness (QED) is 0.600. The van der Waals surface area contributed by atoms with Crippen LogP contribution in [0, 0.1) is 18.8 Å². The number of aliphatic carboxylic acids is 1. The summed E-state index contributed by atoms with van der Waals surface area (Å²) in [5.74, 6) is -3.24. The van der Waals surface area contributed by atoms with Crippen LogP contribution in [0.2, 0.25) is 0 Å². The molecule has 2 atom stereocenters. The summed E-state index contributed by atoms with van der Waals surface area (Å²) in [5, 5.41) is 12.8. The summed E-state index contributed by atoms with van der Waals surface area (Å²) >= 11 is 1.32. The number of hydrogen-bond acceptors (Lipinski definition) is 5. The lowest BCUT2D eigenvalue weighted by Gasteiger charge is -2.29. The first-order valence-electron chi connectivity index (χ1n) is 8.60. The number of anilines is 1. The maximum Gasteiger partial charge on any atom is 0.341 e. The first-order valence-corrected chi connectivity index (χ1v) is 9.42. The van der Waals surface area contributed by atoms with E-state index >= 15 is 0 Å². The lowest BCUT2D eigenvalue weighted by Crippen LogP contribution is -2.36. The van der Waals surface area contributed by atoms with Crippen LogP contribution >= 0.6 is 11.3 Å². The second-order valence-corrected chi connectivity index (χ2v) is 7.92. The van der Waals surface area contributed by atoms with Gasteiger partial charge in [-0.2, -0.15) is 0 Å². The smallest absolute Gasteiger partial charge is 0.341 e. The van der Waals surface area contributed by atoms with E-state index in [4.69, 9.17) is 4.74 Å². The molecule has 0 spiro atoms. The maximum absolute atomic E-state index is 12.9. The minimum Gasteiger partial charge on any atom is -0.481 e. The van der Waals surface area contributed by atoms with Crippen LogP contribution in [0.1, 0.15) is 54.4 Å². The standard InChI is InChI=1S/C19H25NO5S/c1-6-12-11(4)26-17(15(12)19(24)25-5)20-16(21)13-7-9(2)10(3)8-14(13)18(22)23/h13-14H,6-8H2,1-5H3,(H,20,21)(H,22,23). The zero-order chi connectivity index (χ0) is 19.6. The zero-order valence-electron chi connectivity index (χ0n) is 15.8. The average molecular weight is 379 g/mol. The highest BCUT2D eigenvalue weighted by Crippen LogP contribution is 2.38. The van der Waals surface area contributed by atoms with Crippen molar-refractivity contribution >= 4 is 34.2 Å². The van der Waals surface area contributed by atoms with Gasteiger partial charge in [0.05, 0.1) is 24.5 Å². The van der Waals surface area contributed by atoms with Gasteiger partial charge in [0.1, 0.15) is 5.00 Å². The molecule has 1 aliphatic carbocycles. The fourth-order valence-electron chi connectivity index (χ4n) is 3.44. The van der Waals surface area contributed by atoms with Gasteiger partial charge in [-0.15, -0.1) is 11.3 Å². The molecule has 0 saturated carbocycles. The molecule has 6 nitrogen and oxygen atoms in total. The SMILES string of the molecule is CCc1c(C)sc(NC(=O)C2CC(C)=C(C)CC2C(=O)O)c1C(=O)OC. The summed E-state index contributed by atoms with van der Waals surface area (Å²) in [7, 11) is 1.30. The van der Waals surface area contributed by atoms with E-state index in [9.17, 15) is 19.5 Å². The number of carbonyl (C=O) groups excluding carboxylic acids is 2. The fraction of sp³-hybridized carbons (Fsp3) is 0.526. The number of nitrogens with one attached hydrogen (secondary N) is 1. The number of esters is 1. The Balaban J connectivity index is 2.35. The van der Waals surface area contributed by atoms with Gasteiger partial charge in [0.25, 0.3) is 0 Å². The average Bonchev–Trinajstić information content (AvgIpc) is 2.90. The number of aryl methyl sites for hydroxylation is 1. The van der Waals surface area contributed by atoms with Crippen molar-refractivity contribution in [3.05, 3.63) is 27.2 Å². The highest BCUT2D eigenvalue weighted by Gasteiger charge is 2.38. The second-order valence-electron chi connectivity index (χ2n) is 6.70. The maximum atomic E-state index is 12.9. The number of hydrogen-bond donors (Lipinski definition) is 2. The highest BCUT2D eigenvalue weighted by molar-refractivity contribution is 7.16. The van der Waals surface area contributed by atoms with Gasteiger partial charge >= 0.3 is 11.9 Å². The second kappa shape index (κ2) is 8.03. The predicted molar refractivity (Wildman–Crippen MR) is 101 cm³/mol. The zero-order valence-corrected chi connectivity index (χ0v) is 16.6. The first-order chi connectivity index (χ1) is 12.2. The molecule has 2 N–H and O–H groups in total. The molecule has 1 aromatic heterocycles. The van der Waals surface area contributed by atoms with Crippen LogP contribution in [0.15, 0.2) is 11.1 Å². The van der Waals surface area contributed by atoms with Crippen LogP contribution in [0.25, 0.3) is 0 Å². The summed E-state index contributed by atoms with van der Waals surface area (Å²) in [4.78, 5) is 37.6. The van der Waals surface area contributed by atoms with Crippen molar-refractivity contribution in [2.75, 3.05) is 12.4 Å². The number of allylic oxidation sites excluding steroid dienone is 2. The van der Waals surface area contributed by atoms with Gasteiger partial charge < -0.3 is 15.2 Å². The molecular weight excluding hydrogens is 354 g/mol. The Morgan fingerprint density at radius 1 is 1.15 bits per heavy atom. The highest BCUT2D eigenvalue weighted by atomic mass is 32.1. The van der Waals surface area contributed by atoms with E-state index in [-0.39, 0.29) is 5.91 Å². The molecule has 2 rings (SSSR count). The fourth-order valence-corrected chi connectivity index (χ4v) is 4.58. The van der Waals surface area contributed by atoms with Crippen molar-refractivity contribution < 1.29 is 24.2 Å². The lowest BCUT2D eigenvalue weighted by molar-refractivity contribution is -0.146. The number of carbonyl (C=O) groups is 3. The van der Waals surface area contributed by atoms with E-state index in [0.717, 1.165) is 21.6 Å². The van der Waals surface area contributed by atoms with Crippen molar-refractivity contribution in [1.29, 1.82) is 0 Å². The molecule has 1 heterocycles. The van der Waals surface area contributed by atoms with Gasteiger partial charge in [-0.25, -0.2) is 4.79 Å². The molecule has 0 aromatic carbocycles. The summed E-state index contributed by atoms with van der Waals surface area (Å²) < 4.78 is 4.87. The third-order valence-corrected chi connectivity index (χ3v) is 6.17. The van der Waals surface area contributed by atoms with Crippen LogP contribution < -0.4 is 5.32 Å². The molecule has 0 fully saturated rings. The van der Waals surface area contributed by atoms with E-state index in [1.54, 1.807) is 0 Å². The molecule has 0 radical (unpaired) electrons. The number of ether oxygens (including phenoxy) is 1. The minimum atomic E-state index is -0.971. The minimum absolute atomic E-state index is 0.363. The summed E-state index contributed by atoms with van der Waals surface area (Å²) in [5.41, 5.74) is 3.30. The largest absolute Gasteiger partial charge is 0.481 e. The van der Waals surface area contributed by atoms with Gasteiger partial charge in [-0.05, 0) is 45.6 Å². The molecule has 1 aromatic rings. The molecule has 1 amide bonds. The Kier molecular flexibility index (Phi) is 6.23. The summed E-state index contributed by atoms with van der Waals surface area (Å²) in [6, 6.07) is 0. The summed E-state index contributed by atoms with van der Waals surface area (Å²) in [6.07, 6.45) is 1.42. The van der Waals surface area contributed by atoms with Crippen molar-refractivity contribution in [2.45, 2.75) is 47.0 Å². The summed E-state index contributed by atoms with van der Waals surface area (Å²) in [6.45, 7) is 7.66. The molecule has 1 aliphatic rings. The third-order valence-electron chi connectivity index (χ3n) is 5.11. The van der Waals surface area contributed by atoms with E-state index < -0.39 is 23.8 Å². The van der Waals surface area contributed by atoms with Crippen molar-refractivity contribution in [2.24, 2.45) is 11.8 Å². The molecule has 0 saturated heterocycles. The number of rotatable bonds is 5. The topological polar surface area (TPSA) is 92.7 Å². The van der Waals surface area contributed by atoms with Gasteiger partial charge in [0, 0.05) is 4.88 Å². The number of methoxy groups -OCH3 is 1. The number of carboxylic acid groups (broad SMARTS) is 1. The van der Waals surface area contributed by atoms with Crippen LogP contribution in [-0.2, 0) is 20.7 Å². The van der Waals surface area contributed by atoms with Gasteiger partial charge in [-0.3, -0.25) is 9.59 Å². The number of thiophene rings is 1. The van der Waals surface area contributed by atoms with E-state index in [1.807, 2.05) is 27.7 Å². The Morgan fingerprint density at radius 3 is 2.23 bits per heavy atom. The van der Waals surface area contributed by atoms with Crippen molar-refractivity contribution in [1.82, 2.24) is 0 Å². The van der Waals surface area contributed by atoms with E-state index in [1.165, 1.54) is 18.4 Å². The first kappa shape index (κ1) is 20.2. The van der Waals surface area contributed by atoms with Crippen molar-refractivity contribution in [3.8, 4) is 0 Å². The number of carboxylic acids is 1. The van der Waals surface area contributed by atoms with Gasteiger partial charge in [0.2, 0.25) is 5.91 Å². The Hall–Kier alpha value is -2.15. The van der Waals surface area contributed by atoms with Gasteiger partial charge in [0.15, 0.2) is 0 Å². The van der Waals surface area contributed by atoms with Crippen LogP contribution in [-0.4, -0.2) is 30.1 Å². The Bertz CT molecular complexity index is 777. The third kappa shape index (κ3) is 3.82. The number of amides is 1. The molecule has 2 unspecified atom stereocenters. The van der Waals surface area contributed by atoms with Crippen LogP contribution in [0.5, 0.6) is 0 Å². The Labute approximate surface area is 157 Å². The van der Waals surface area contributed by atoms with Crippen LogP contribution in [0.3, 0.4) is 0 Å². The monoisotopic (exact) mass is 379 g/mol. The molecule has 26 heavy (non-hydrogen) atoms. The molecule has 7 heteroatoms. The van der Waals surface area contributed by atoms with E-state index in [2.05, 4.69) is 5.32 Å². The molecule has 0 aliphatic heterocycles. The molecule has 142 valence electrons. The van der Waals surface area contributed by atoms with E-state index in [0.29, 0.717) is 29.8 Å². The molecule has 0 bridgehead atoms. The predicted octanol–water partition coefficient (Wildman–Crippen LogP) is 3.79. The van der Waals surface area contributed by atoms with Gasteiger partial charge in [-0.1, -0.05) is 18.1 Å².